The molecule has 1 aliphatic carbocycles. The van der Waals surface area contributed by atoms with Gasteiger partial charge in [0.15, 0.2) is 12.6 Å². The molecule has 0 saturated heterocycles. The van der Waals surface area contributed by atoms with E-state index in [4.69, 9.17) is 9.47 Å². The Bertz CT molecular complexity index is 505. The molecule has 0 bridgehead atoms. The van der Waals surface area contributed by atoms with Crippen LogP contribution < -0.4 is 4.74 Å². The molecule has 1 unspecified atom stereocenters. The number of methoxy groups -OCH3 is 1. The fraction of sp³-hybridized carbons (Fsp3) is 0.500. The first-order chi connectivity index (χ1) is 9.74. The molecule has 0 aliphatic heterocycles. The number of allylic oxidation sites excluding steroid dienone is 2. The minimum atomic E-state index is -0.610. The van der Waals surface area contributed by atoms with E-state index < -0.39 is 5.82 Å². The largest absolute Gasteiger partial charge is 0.448 e. The van der Waals surface area contributed by atoms with Crippen molar-refractivity contribution in [1.29, 1.82) is 0 Å². The average molecular weight is 280 g/mol. The SMILES string of the molecule is COCOc1nc(C2=CCC(CC=O)CC2)ncc1F. The molecule has 0 spiro atoms. The molecule has 6 heteroatoms. The van der Waals surface area contributed by atoms with E-state index in [2.05, 4.69) is 9.97 Å². The van der Waals surface area contributed by atoms with Crippen molar-refractivity contribution in [3.8, 4) is 5.88 Å². The van der Waals surface area contributed by atoms with Gasteiger partial charge in [-0.3, -0.25) is 0 Å². The van der Waals surface area contributed by atoms with Gasteiger partial charge >= 0.3 is 0 Å². The van der Waals surface area contributed by atoms with Crippen molar-refractivity contribution in [2.75, 3.05) is 13.9 Å². The summed E-state index contributed by atoms with van der Waals surface area (Å²) >= 11 is 0. The number of carbonyl (C=O) groups is 1. The molecular formula is C14H17FN2O3. The zero-order chi connectivity index (χ0) is 14.4. The molecule has 0 amide bonds. The summed E-state index contributed by atoms with van der Waals surface area (Å²) in [6, 6.07) is 0. The lowest BCUT2D eigenvalue weighted by Gasteiger charge is -2.19. The van der Waals surface area contributed by atoms with Crippen LogP contribution in [0.15, 0.2) is 12.3 Å². The summed E-state index contributed by atoms with van der Waals surface area (Å²) < 4.78 is 23.2. The monoisotopic (exact) mass is 280 g/mol. The number of hydrogen-bond donors (Lipinski definition) is 0. The first kappa shape index (κ1) is 14.6. The number of nitrogens with zero attached hydrogens (tertiary/aromatic N) is 2. The zero-order valence-corrected chi connectivity index (χ0v) is 11.3. The fourth-order valence-corrected chi connectivity index (χ4v) is 2.16. The van der Waals surface area contributed by atoms with Gasteiger partial charge in [-0.1, -0.05) is 6.08 Å². The van der Waals surface area contributed by atoms with E-state index in [1.807, 2.05) is 6.08 Å². The molecule has 1 heterocycles. The maximum atomic E-state index is 13.5. The van der Waals surface area contributed by atoms with E-state index in [0.29, 0.717) is 18.2 Å². The summed E-state index contributed by atoms with van der Waals surface area (Å²) in [6.45, 7) is -0.0617. The highest BCUT2D eigenvalue weighted by Crippen LogP contribution is 2.30. The van der Waals surface area contributed by atoms with Crippen LogP contribution in [0, 0.1) is 11.7 Å². The second-order valence-corrected chi connectivity index (χ2v) is 4.67. The summed E-state index contributed by atoms with van der Waals surface area (Å²) in [6.07, 6.45) is 7.18. The molecule has 108 valence electrons. The second-order valence-electron chi connectivity index (χ2n) is 4.67. The summed E-state index contributed by atoms with van der Waals surface area (Å²) in [5.41, 5.74) is 0.967. The molecule has 1 aromatic heterocycles. The minimum absolute atomic E-state index is 0.0617. The lowest BCUT2D eigenvalue weighted by molar-refractivity contribution is -0.108. The summed E-state index contributed by atoms with van der Waals surface area (Å²) in [5.74, 6) is 0.150. The van der Waals surface area contributed by atoms with Gasteiger partial charge in [-0.15, -0.1) is 0 Å². The van der Waals surface area contributed by atoms with Crippen LogP contribution in [0.1, 0.15) is 31.5 Å². The molecule has 2 rings (SSSR count). The standard InChI is InChI=1S/C14H17FN2O3/c1-19-9-20-14-12(15)8-16-13(17-14)11-4-2-10(3-5-11)6-7-18/h4,7-8,10H,2-3,5-6,9H2,1H3. The molecule has 0 fully saturated rings. The maximum absolute atomic E-state index is 13.5. The van der Waals surface area contributed by atoms with E-state index in [1.165, 1.54) is 7.11 Å². The number of ether oxygens (including phenoxy) is 2. The van der Waals surface area contributed by atoms with Crippen LogP contribution in [0.25, 0.3) is 5.57 Å². The van der Waals surface area contributed by atoms with Crippen LogP contribution in [0.3, 0.4) is 0 Å². The molecular weight excluding hydrogens is 263 g/mol. The molecule has 0 saturated carbocycles. The molecule has 0 radical (unpaired) electrons. The van der Waals surface area contributed by atoms with Crippen molar-refractivity contribution in [2.45, 2.75) is 25.7 Å². The Labute approximate surface area is 116 Å². The van der Waals surface area contributed by atoms with Crippen molar-refractivity contribution in [3.05, 3.63) is 23.9 Å². The summed E-state index contributed by atoms with van der Waals surface area (Å²) in [4.78, 5) is 18.6. The van der Waals surface area contributed by atoms with Gasteiger partial charge in [0.1, 0.15) is 6.29 Å². The molecule has 1 atom stereocenters. The Hall–Kier alpha value is -1.82. The summed E-state index contributed by atoms with van der Waals surface area (Å²) in [5, 5.41) is 0. The van der Waals surface area contributed by atoms with Gasteiger partial charge in [0, 0.05) is 13.5 Å². The maximum Gasteiger partial charge on any atom is 0.256 e. The molecule has 0 N–H and O–H groups in total. The van der Waals surface area contributed by atoms with Crippen molar-refractivity contribution in [2.24, 2.45) is 5.92 Å². The first-order valence-electron chi connectivity index (χ1n) is 6.52. The lowest BCUT2D eigenvalue weighted by atomic mass is 9.87. The molecule has 5 nitrogen and oxygen atoms in total. The predicted molar refractivity (Wildman–Crippen MR) is 70.5 cm³/mol. The van der Waals surface area contributed by atoms with E-state index in [9.17, 15) is 9.18 Å². The Kier molecular flexibility index (Phi) is 5.17. The van der Waals surface area contributed by atoms with Gasteiger partial charge in [0.2, 0.25) is 5.82 Å². The van der Waals surface area contributed by atoms with Crippen LogP contribution in [0.5, 0.6) is 5.88 Å². The summed E-state index contributed by atoms with van der Waals surface area (Å²) in [7, 11) is 1.46. The Morgan fingerprint density at radius 1 is 1.55 bits per heavy atom. The first-order valence-corrected chi connectivity index (χ1v) is 6.52. The third-order valence-corrected chi connectivity index (χ3v) is 3.26. The zero-order valence-electron chi connectivity index (χ0n) is 11.3. The second kappa shape index (κ2) is 7.09. The number of aldehydes is 1. The average Bonchev–Trinajstić information content (AvgIpc) is 2.48. The van der Waals surface area contributed by atoms with Gasteiger partial charge in [0.25, 0.3) is 5.88 Å². The fourth-order valence-electron chi connectivity index (χ4n) is 2.16. The number of hydrogen-bond acceptors (Lipinski definition) is 5. The van der Waals surface area contributed by atoms with E-state index in [-0.39, 0.29) is 12.7 Å². The normalized spacial score (nSPS) is 18.5. The smallest absolute Gasteiger partial charge is 0.256 e. The van der Waals surface area contributed by atoms with Crippen molar-refractivity contribution in [3.63, 3.8) is 0 Å². The van der Waals surface area contributed by atoms with Gasteiger partial charge in [0.05, 0.1) is 6.20 Å². The third kappa shape index (κ3) is 3.60. The van der Waals surface area contributed by atoms with Gasteiger partial charge < -0.3 is 14.3 Å². The van der Waals surface area contributed by atoms with E-state index in [1.54, 1.807) is 0 Å². The topological polar surface area (TPSA) is 61.3 Å². The highest BCUT2D eigenvalue weighted by molar-refractivity contribution is 5.61. The van der Waals surface area contributed by atoms with Gasteiger partial charge in [-0.2, -0.15) is 9.37 Å². The highest BCUT2D eigenvalue weighted by Gasteiger charge is 2.18. The van der Waals surface area contributed by atoms with E-state index >= 15 is 0 Å². The van der Waals surface area contributed by atoms with Gasteiger partial charge in [-0.25, -0.2) is 4.98 Å². The predicted octanol–water partition coefficient (Wildman–Crippen LogP) is 2.37. The van der Waals surface area contributed by atoms with Crippen LogP contribution >= 0.6 is 0 Å². The quantitative estimate of drug-likeness (QED) is 0.591. The number of aromatic nitrogens is 2. The highest BCUT2D eigenvalue weighted by atomic mass is 19.1. The van der Waals surface area contributed by atoms with Gasteiger partial charge in [-0.05, 0) is 30.8 Å². The molecule has 20 heavy (non-hydrogen) atoms. The van der Waals surface area contributed by atoms with Crippen LogP contribution in [0.2, 0.25) is 0 Å². The Balaban J connectivity index is 2.11. The molecule has 0 aromatic carbocycles. The van der Waals surface area contributed by atoms with Crippen molar-refractivity contribution >= 4 is 11.9 Å². The Morgan fingerprint density at radius 2 is 2.40 bits per heavy atom. The molecule has 1 aliphatic rings. The molecule has 1 aromatic rings. The number of rotatable bonds is 6. The van der Waals surface area contributed by atoms with Crippen LogP contribution in [-0.4, -0.2) is 30.2 Å². The van der Waals surface area contributed by atoms with Crippen LogP contribution in [-0.2, 0) is 9.53 Å². The Morgan fingerprint density at radius 3 is 3.05 bits per heavy atom. The third-order valence-electron chi connectivity index (χ3n) is 3.26. The number of carbonyl (C=O) groups excluding carboxylic acids is 1. The lowest BCUT2D eigenvalue weighted by Crippen LogP contribution is -2.09. The van der Waals surface area contributed by atoms with Crippen molar-refractivity contribution < 1.29 is 18.7 Å². The minimum Gasteiger partial charge on any atom is -0.448 e. The van der Waals surface area contributed by atoms with Crippen molar-refractivity contribution in [1.82, 2.24) is 9.97 Å². The van der Waals surface area contributed by atoms with Crippen LogP contribution in [0.4, 0.5) is 4.39 Å². The number of halogens is 1. The van der Waals surface area contributed by atoms with E-state index in [0.717, 1.165) is 37.3 Å².